The van der Waals surface area contributed by atoms with E-state index in [1.165, 1.54) is 18.2 Å². The highest BCUT2D eigenvalue weighted by Gasteiger charge is 2.26. The van der Waals surface area contributed by atoms with Gasteiger partial charge in [0.2, 0.25) is 15.7 Å². The molecule has 0 unspecified atom stereocenters. The van der Waals surface area contributed by atoms with E-state index >= 15 is 0 Å². The number of aromatic nitrogens is 2. The first-order valence-electron chi connectivity index (χ1n) is 11.9. The Morgan fingerprint density at radius 2 is 1.61 bits per heavy atom. The smallest absolute Gasteiger partial charge is 0.230 e. The fourth-order valence-corrected chi connectivity index (χ4v) is 5.36. The van der Waals surface area contributed by atoms with Crippen LogP contribution in [0.1, 0.15) is 32.6 Å². The van der Waals surface area contributed by atoms with E-state index < -0.39 is 21.4 Å². The van der Waals surface area contributed by atoms with Crippen molar-refractivity contribution >= 4 is 21.4 Å². The number of aryl methyl sites for hydroxylation is 3. The van der Waals surface area contributed by atoms with Crippen molar-refractivity contribution in [3.8, 4) is 22.9 Å². The minimum absolute atomic E-state index is 0.0271. The molecule has 0 radical (unpaired) electrons. The van der Waals surface area contributed by atoms with Crippen molar-refractivity contribution in [3.05, 3.63) is 94.5 Å². The molecule has 4 rings (SSSR count). The van der Waals surface area contributed by atoms with Crippen LogP contribution in [0.3, 0.4) is 0 Å². The molecule has 4 aromatic rings. The highest BCUT2D eigenvalue weighted by atomic mass is 32.2. The molecular weight excluding hydrogens is 502 g/mol. The molecule has 0 saturated heterocycles. The number of hydrogen-bond donors (Lipinski definition) is 1. The van der Waals surface area contributed by atoms with E-state index in [1.54, 1.807) is 19.2 Å². The molecule has 2 aromatic carbocycles. The summed E-state index contributed by atoms with van der Waals surface area (Å²) in [5, 5.41) is -0.265. The number of pyridine rings is 2. The first kappa shape index (κ1) is 27.0. The van der Waals surface area contributed by atoms with E-state index in [2.05, 4.69) is 9.97 Å². The molecule has 0 aliphatic rings. The molecule has 9 heteroatoms. The van der Waals surface area contributed by atoms with Crippen LogP contribution in [0.15, 0.2) is 71.8 Å². The van der Waals surface area contributed by atoms with Crippen LogP contribution in [0.2, 0.25) is 0 Å². The molecular formula is C29H29N3O5S. The monoisotopic (exact) mass is 531 g/mol. The van der Waals surface area contributed by atoms with E-state index in [-0.39, 0.29) is 22.3 Å². The van der Waals surface area contributed by atoms with Gasteiger partial charge in [-0.25, -0.2) is 18.4 Å². The van der Waals surface area contributed by atoms with Crippen molar-refractivity contribution in [3.63, 3.8) is 0 Å². The van der Waals surface area contributed by atoms with Gasteiger partial charge in [-0.3, -0.25) is 4.79 Å². The van der Waals surface area contributed by atoms with Crippen molar-refractivity contribution in [2.24, 2.45) is 0 Å². The van der Waals surface area contributed by atoms with Gasteiger partial charge < -0.3 is 15.2 Å². The number of sulfone groups is 1. The van der Waals surface area contributed by atoms with Crippen LogP contribution in [-0.2, 0) is 21.2 Å². The van der Waals surface area contributed by atoms with Crippen LogP contribution in [-0.4, -0.2) is 37.0 Å². The lowest BCUT2D eigenvalue weighted by Crippen LogP contribution is -2.19. The van der Waals surface area contributed by atoms with E-state index in [4.69, 9.17) is 15.2 Å². The van der Waals surface area contributed by atoms with Crippen LogP contribution in [0.25, 0.3) is 11.3 Å². The third-order valence-corrected chi connectivity index (χ3v) is 7.42. The first-order valence-corrected chi connectivity index (χ1v) is 13.6. The zero-order chi connectivity index (χ0) is 27.4. The molecule has 2 heterocycles. The minimum atomic E-state index is -4.05. The molecule has 0 atom stereocenters. The van der Waals surface area contributed by atoms with Crippen LogP contribution in [0.5, 0.6) is 11.6 Å². The topological polar surface area (TPSA) is 121 Å². The van der Waals surface area contributed by atoms with Gasteiger partial charge >= 0.3 is 0 Å². The lowest BCUT2D eigenvalue weighted by molar-refractivity contribution is 0.101. The van der Waals surface area contributed by atoms with Crippen molar-refractivity contribution in [2.45, 2.75) is 32.4 Å². The Bertz CT molecular complexity index is 1580. The largest absolute Gasteiger partial charge is 0.438 e. The van der Waals surface area contributed by atoms with Crippen LogP contribution < -0.4 is 10.5 Å². The summed E-state index contributed by atoms with van der Waals surface area (Å²) in [6.45, 7) is 6.29. The summed E-state index contributed by atoms with van der Waals surface area (Å²) in [5.41, 5.74) is 10.9. The molecule has 38 heavy (non-hydrogen) atoms. The van der Waals surface area contributed by atoms with E-state index in [9.17, 15) is 13.2 Å². The van der Waals surface area contributed by atoms with Gasteiger partial charge in [0.15, 0.2) is 10.8 Å². The summed E-state index contributed by atoms with van der Waals surface area (Å²) in [6, 6.07) is 19.1. The molecule has 0 spiro atoms. The van der Waals surface area contributed by atoms with Crippen LogP contribution >= 0.6 is 0 Å². The van der Waals surface area contributed by atoms with Crippen molar-refractivity contribution < 1.29 is 22.7 Å². The number of methoxy groups -OCH3 is 1. The van der Waals surface area contributed by atoms with Gasteiger partial charge in [-0.2, -0.15) is 0 Å². The number of ketones is 1. The zero-order valence-electron chi connectivity index (χ0n) is 21.7. The maximum absolute atomic E-state index is 13.3. The zero-order valence-corrected chi connectivity index (χ0v) is 22.5. The fraction of sp³-hybridized carbons (Fsp3) is 0.207. The van der Waals surface area contributed by atoms with Gasteiger partial charge in [-0.05, 0) is 61.7 Å². The summed E-state index contributed by atoms with van der Waals surface area (Å²) < 4.78 is 37.3. The SMILES string of the molecule is COCc1ccc(-c2ccc(C(=O)CS(=O)(=O)c3cccc(N)n3)c(Oc3c(C)cc(C)cc3C)n2)cc1. The highest BCUT2D eigenvalue weighted by molar-refractivity contribution is 7.92. The number of nitrogens with two attached hydrogens (primary N) is 1. The molecule has 0 aliphatic heterocycles. The number of ether oxygens (including phenoxy) is 2. The minimum Gasteiger partial charge on any atom is -0.438 e. The summed E-state index contributed by atoms with van der Waals surface area (Å²) in [7, 11) is -2.42. The second kappa shape index (κ2) is 11.1. The Labute approximate surface area is 222 Å². The molecule has 0 amide bonds. The Balaban J connectivity index is 1.75. The standard InChI is InChI=1S/C29H29N3O5S/c1-18-14-19(2)28(20(3)15-18)37-29-23(25(33)17-38(34,35)27-7-5-6-26(30)32-27)12-13-24(31-29)22-10-8-21(9-11-22)16-36-4/h5-15H,16-17H2,1-4H3,(H2,30,32). The van der Waals surface area contributed by atoms with Crippen LogP contribution in [0.4, 0.5) is 5.82 Å². The summed E-state index contributed by atoms with van der Waals surface area (Å²) in [5.74, 6) is -0.834. The predicted molar refractivity (Wildman–Crippen MR) is 146 cm³/mol. The van der Waals surface area contributed by atoms with Gasteiger partial charge in [0.1, 0.15) is 17.3 Å². The molecule has 0 aliphatic carbocycles. The number of nitrogen functional groups attached to an aromatic ring is 1. The van der Waals surface area contributed by atoms with Crippen molar-refractivity contribution in [1.29, 1.82) is 0 Å². The highest BCUT2D eigenvalue weighted by Crippen LogP contribution is 2.33. The quantitative estimate of drug-likeness (QED) is 0.291. The number of carbonyl (C=O) groups excluding carboxylic acids is 1. The Morgan fingerprint density at radius 1 is 0.921 bits per heavy atom. The first-order chi connectivity index (χ1) is 18.1. The number of benzene rings is 2. The van der Waals surface area contributed by atoms with Gasteiger partial charge in [0.05, 0.1) is 17.9 Å². The second-order valence-electron chi connectivity index (χ2n) is 9.09. The van der Waals surface area contributed by atoms with Gasteiger partial charge in [0.25, 0.3) is 0 Å². The Hall–Kier alpha value is -4.08. The predicted octanol–water partition coefficient (Wildman–Crippen LogP) is 5.25. The molecule has 0 saturated carbocycles. The van der Waals surface area contributed by atoms with Gasteiger partial charge in [0, 0.05) is 12.7 Å². The van der Waals surface area contributed by atoms with Crippen LogP contribution in [0, 0.1) is 20.8 Å². The third-order valence-electron chi connectivity index (χ3n) is 5.91. The molecule has 196 valence electrons. The van der Waals surface area contributed by atoms with Crippen molar-refractivity contribution in [1.82, 2.24) is 9.97 Å². The van der Waals surface area contributed by atoms with E-state index in [0.29, 0.717) is 18.1 Å². The third kappa shape index (κ3) is 6.07. The maximum atomic E-state index is 13.3. The number of rotatable bonds is 9. The average Bonchev–Trinajstić information content (AvgIpc) is 2.86. The van der Waals surface area contributed by atoms with E-state index in [0.717, 1.165) is 27.8 Å². The number of anilines is 1. The van der Waals surface area contributed by atoms with Crippen molar-refractivity contribution in [2.75, 3.05) is 18.6 Å². The normalized spacial score (nSPS) is 11.4. The summed E-state index contributed by atoms with van der Waals surface area (Å²) in [6.07, 6.45) is 0. The molecule has 2 N–H and O–H groups in total. The lowest BCUT2D eigenvalue weighted by Gasteiger charge is -2.16. The number of carbonyl (C=O) groups is 1. The molecule has 2 aromatic heterocycles. The summed E-state index contributed by atoms with van der Waals surface area (Å²) >= 11 is 0. The molecule has 0 bridgehead atoms. The second-order valence-corrected chi connectivity index (χ2v) is 11.0. The lowest BCUT2D eigenvalue weighted by atomic mass is 10.1. The number of Topliss-reactive ketones (excluding diaryl/α,β-unsaturated/α-hetero) is 1. The maximum Gasteiger partial charge on any atom is 0.230 e. The van der Waals surface area contributed by atoms with E-state index in [1.807, 2.05) is 57.2 Å². The average molecular weight is 532 g/mol. The molecule has 0 fully saturated rings. The fourth-order valence-electron chi connectivity index (χ4n) is 4.18. The summed E-state index contributed by atoms with van der Waals surface area (Å²) in [4.78, 5) is 21.9. The molecule has 8 nitrogen and oxygen atoms in total. The number of hydrogen-bond acceptors (Lipinski definition) is 8. The van der Waals surface area contributed by atoms with Gasteiger partial charge in [-0.1, -0.05) is 48.0 Å². The Kier molecular flexibility index (Phi) is 7.89. The van der Waals surface area contributed by atoms with Gasteiger partial charge in [-0.15, -0.1) is 0 Å². The Morgan fingerprint density at radius 3 is 2.24 bits per heavy atom. The number of nitrogens with zero attached hydrogens (tertiary/aromatic N) is 2.